The summed E-state index contributed by atoms with van der Waals surface area (Å²) in [5.41, 5.74) is 7.27. The topological polar surface area (TPSA) is 38.5 Å². The highest BCUT2D eigenvalue weighted by molar-refractivity contribution is 5.48. The monoisotopic (exact) mass is 254 g/mol. The summed E-state index contributed by atoms with van der Waals surface area (Å²) in [6.07, 6.45) is 1.58. The van der Waals surface area contributed by atoms with Gasteiger partial charge in [-0.3, -0.25) is 0 Å². The average Bonchev–Trinajstić information content (AvgIpc) is 2.28. The van der Waals surface area contributed by atoms with Gasteiger partial charge in [0.2, 0.25) is 0 Å². The van der Waals surface area contributed by atoms with E-state index in [9.17, 15) is 4.39 Å². The van der Waals surface area contributed by atoms with Crippen LogP contribution >= 0.6 is 0 Å². The molecule has 0 heterocycles. The Morgan fingerprint density at radius 2 is 2.17 bits per heavy atom. The summed E-state index contributed by atoms with van der Waals surface area (Å²) in [7, 11) is 3.56. The van der Waals surface area contributed by atoms with Gasteiger partial charge in [0.15, 0.2) is 0 Å². The molecule has 1 aromatic carbocycles. The van der Waals surface area contributed by atoms with Crippen LogP contribution in [0.4, 0.5) is 10.1 Å². The van der Waals surface area contributed by atoms with Gasteiger partial charge in [0.25, 0.3) is 0 Å². The van der Waals surface area contributed by atoms with Crippen molar-refractivity contribution in [2.45, 2.75) is 25.8 Å². The molecule has 1 rings (SSSR count). The smallest absolute Gasteiger partial charge is 0.146 e. The van der Waals surface area contributed by atoms with Crippen LogP contribution in [0.3, 0.4) is 0 Å². The van der Waals surface area contributed by atoms with Crippen LogP contribution in [0.15, 0.2) is 18.2 Å². The second-order valence-corrected chi connectivity index (χ2v) is 4.74. The summed E-state index contributed by atoms with van der Waals surface area (Å²) < 4.78 is 18.9. The molecule has 1 aromatic rings. The minimum Gasteiger partial charge on any atom is -0.385 e. The molecule has 0 saturated heterocycles. The first-order chi connectivity index (χ1) is 8.54. The molecular weight excluding hydrogens is 231 g/mol. The molecule has 0 saturated carbocycles. The van der Waals surface area contributed by atoms with Crippen molar-refractivity contribution in [3.63, 3.8) is 0 Å². The van der Waals surface area contributed by atoms with Gasteiger partial charge in [-0.05, 0) is 37.5 Å². The summed E-state index contributed by atoms with van der Waals surface area (Å²) in [5.74, 6) is -0.187. The van der Waals surface area contributed by atoms with Crippen LogP contribution < -0.4 is 10.6 Å². The van der Waals surface area contributed by atoms with Crippen molar-refractivity contribution in [2.75, 3.05) is 32.2 Å². The van der Waals surface area contributed by atoms with E-state index in [2.05, 4.69) is 0 Å². The quantitative estimate of drug-likeness (QED) is 0.758. The minimum absolute atomic E-state index is 0.0506. The molecule has 0 spiro atoms. The van der Waals surface area contributed by atoms with Gasteiger partial charge in [-0.1, -0.05) is 6.07 Å². The Kier molecular flexibility index (Phi) is 6.09. The number of hydrogen-bond acceptors (Lipinski definition) is 3. The van der Waals surface area contributed by atoms with Crippen molar-refractivity contribution in [1.29, 1.82) is 0 Å². The van der Waals surface area contributed by atoms with Gasteiger partial charge in [0.1, 0.15) is 5.82 Å². The van der Waals surface area contributed by atoms with E-state index in [4.69, 9.17) is 10.5 Å². The number of ether oxygens (including phenoxy) is 1. The minimum atomic E-state index is -0.187. The third-order valence-corrected chi connectivity index (χ3v) is 2.82. The van der Waals surface area contributed by atoms with Crippen molar-refractivity contribution in [2.24, 2.45) is 5.73 Å². The van der Waals surface area contributed by atoms with E-state index >= 15 is 0 Å². The first-order valence-corrected chi connectivity index (χ1v) is 6.28. The standard InChI is InChI=1S/C14H23FN2O/c1-11(16)9-12-5-6-14(13(15)10-12)17(2)7-4-8-18-3/h5-6,10-11H,4,7-9,16H2,1-3H3. The Balaban J connectivity index is 2.66. The molecule has 0 bridgehead atoms. The number of hydrogen-bond donors (Lipinski definition) is 1. The average molecular weight is 254 g/mol. The molecule has 4 heteroatoms. The Hall–Kier alpha value is -1.13. The van der Waals surface area contributed by atoms with Gasteiger partial charge in [-0.15, -0.1) is 0 Å². The molecule has 0 radical (unpaired) electrons. The zero-order valence-electron chi connectivity index (χ0n) is 11.4. The number of anilines is 1. The Morgan fingerprint density at radius 1 is 1.44 bits per heavy atom. The highest BCUT2D eigenvalue weighted by Crippen LogP contribution is 2.20. The maximum Gasteiger partial charge on any atom is 0.146 e. The van der Waals surface area contributed by atoms with E-state index in [1.54, 1.807) is 13.2 Å². The maximum atomic E-state index is 13.9. The highest BCUT2D eigenvalue weighted by Gasteiger charge is 2.09. The first kappa shape index (κ1) is 14.9. The van der Waals surface area contributed by atoms with Crippen molar-refractivity contribution in [3.05, 3.63) is 29.6 Å². The fourth-order valence-corrected chi connectivity index (χ4v) is 1.93. The lowest BCUT2D eigenvalue weighted by Gasteiger charge is -2.20. The van der Waals surface area contributed by atoms with Crippen LogP contribution in [0, 0.1) is 5.82 Å². The number of rotatable bonds is 7. The number of nitrogens with zero attached hydrogens (tertiary/aromatic N) is 1. The highest BCUT2D eigenvalue weighted by atomic mass is 19.1. The molecule has 0 fully saturated rings. The predicted octanol–water partition coefficient (Wildman–Crippen LogP) is 2.19. The SMILES string of the molecule is COCCCN(C)c1ccc(CC(C)N)cc1F. The van der Waals surface area contributed by atoms with Gasteiger partial charge in [0, 0.05) is 33.4 Å². The molecule has 0 aromatic heterocycles. The van der Waals surface area contributed by atoms with Crippen LogP contribution in [0.2, 0.25) is 0 Å². The fraction of sp³-hybridized carbons (Fsp3) is 0.571. The molecule has 18 heavy (non-hydrogen) atoms. The summed E-state index contributed by atoms with van der Waals surface area (Å²) in [4.78, 5) is 1.91. The number of benzene rings is 1. The van der Waals surface area contributed by atoms with Crippen LogP contribution in [-0.2, 0) is 11.2 Å². The summed E-state index contributed by atoms with van der Waals surface area (Å²) in [5, 5.41) is 0. The molecule has 0 aliphatic heterocycles. The van der Waals surface area contributed by atoms with Gasteiger partial charge >= 0.3 is 0 Å². The first-order valence-electron chi connectivity index (χ1n) is 6.28. The Bertz CT molecular complexity index is 369. The zero-order chi connectivity index (χ0) is 13.5. The van der Waals surface area contributed by atoms with E-state index in [1.165, 1.54) is 0 Å². The summed E-state index contributed by atoms with van der Waals surface area (Å²) in [6.45, 7) is 3.38. The lowest BCUT2D eigenvalue weighted by atomic mass is 10.1. The Morgan fingerprint density at radius 3 is 2.72 bits per heavy atom. The van der Waals surface area contributed by atoms with Crippen molar-refractivity contribution in [3.8, 4) is 0 Å². The van der Waals surface area contributed by atoms with E-state index in [0.29, 0.717) is 18.7 Å². The van der Waals surface area contributed by atoms with E-state index in [0.717, 1.165) is 18.5 Å². The molecule has 0 aliphatic carbocycles. The molecule has 1 unspecified atom stereocenters. The molecule has 2 N–H and O–H groups in total. The number of methoxy groups -OCH3 is 1. The van der Waals surface area contributed by atoms with Gasteiger partial charge < -0.3 is 15.4 Å². The van der Waals surface area contributed by atoms with Gasteiger partial charge in [0.05, 0.1) is 5.69 Å². The summed E-state index contributed by atoms with van der Waals surface area (Å²) >= 11 is 0. The summed E-state index contributed by atoms with van der Waals surface area (Å²) in [6, 6.07) is 5.38. The molecule has 102 valence electrons. The molecule has 3 nitrogen and oxygen atoms in total. The maximum absolute atomic E-state index is 13.9. The second kappa shape index (κ2) is 7.34. The van der Waals surface area contributed by atoms with Crippen LogP contribution in [-0.4, -0.2) is 33.4 Å². The molecule has 0 amide bonds. The van der Waals surface area contributed by atoms with E-state index < -0.39 is 0 Å². The normalized spacial score (nSPS) is 12.5. The Labute approximate surface area is 109 Å². The second-order valence-electron chi connectivity index (χ2n) is 4.74. The fourth-order valence-electron chi connectivity index (χ4n) is 1.93. The van der Waals surface area contributed by atoms with Crippen molar-refractivity contribution < 1.29 is 9.13 Å². The number of nitrogens with two attached hydrogens (primary N) is 1. The van der Waals surface area contributed by atoms with Crippen LogP contribution in [0.25, 0.3) is 0 Å². The van der Waals surface area contributed by atoms with Gasteiger partial charge in [-0.2, -0.15) is 0 Å². The largest absolute Gasteiger partial charge is 0.385 e. The van der Waals surface area contributed by atoms with Crippen LogP contribution in [0.5, 0.6) is 0 Å². The van der Waals surface area contributed by atoms with Gasteiger partial charge in [-0.25, -0.2) is 4.39 Å². The van der Waals surface area contributed by atoms with Crippen LogP contribution in [0.1, 0.15) is 18.9 Å². The third kappa shape index (κ3) is 4.63. The lowest BCUT2D eigenvalue weighted by Crippen LogP contribution is -2.21. The molecular formula is C14H23FN2O. The molecule has 0 aliphatic rings. The lowest BCUT2D eigenvalue weighted by molar-refractivity contribution is 0.196. The zero-order valence-corrected chi connectivity index (χ0v) is 11.4. The number of halogens is 1. The van der Waals surface area contributed by atoms with E-state index in [-0.39, 0.29) is 11.9 Å². The van der Waals surface area contributed by atoms with Crippen molar-refractivity contribution in [1.82, 2.24) is 0 Å². The van der Waals surface area contributed by atoms with Crippen molar-refractivity contribution >= 4 is 5.69 Å². The molecule has 1 atom stereocenters. The predicted molar refractivity (Wildman–Crippen MR) is 73.5 cm³/mol. The van der Waals surface area contributed by atoms with E-state index in [1.807, 2.05) is 31.0 Å². The third-order valence-electron chi connectivity index (χ3n) is 2.82.